The highest BCUT2D eigenvalue weighted by molar-refractivity contribution is 7.93. The number of fused-ring (bicyclic) bond motifs is 1. The van der Waals surface area contributed by atoms with Crippen LogP contribution in [0, 0.1) is 11.3 Å². The van der Waals surface area contributed by atoms with Crippen LogP contribution >= 0.6 is 0 Å². The van der Waals surface area contributed by atoms with Crippen LogP contribution < -0.4 is 10.0 Å². The Morgan fingerprint density at radius 2 is 1.81 bits per heavy atom. The Kier molecular flexibility index (Phi) is 9.83. The van der Waals surface area contributed by atoms with Crippen LogP contribution in [0.2, 0.25) is 0 Å². The van der Waals surface area contributed by atoms with Crippen molar-refractivity contribution in [1.82, 2.24) is 14.2 Å². The van der Waals surface area contributed by atoms with E-state index in [4.69, 9.17) is 9.47 Å². The van der Waals surface area contributed by atoms with E-state index >= 15 is 0 Å². The van der Waals surface area contributed by atoms with Gasteiger partial charge in [-0.15, -0.1) is 0 Å². The van der Waals surface area contributed by atoms with Crippen molar-refractivity contribution in [3.63, 3.8) is 0 Å². The number of allylic oxidation sites excluding steroid dienone is 2. The summed E-state index contributed by atoms with van der Waals surface area (Å²) in [7, 11) is -2.37. The molecule has 5 rings (SSSR count). The summed E-state index contributed by atoms with van der Waals surface area (Å²) in [5, 5.41) is 35.5. The Labute approximate surface area is 252 Å². The fourth-order valence-electron chi connectivity index (χ4n) is 5.64. The second-order valence-corrected chi connectivity index (χ2v) is 12.7. The van der Waals surface area contributed by atoms with Gasteiger partial charge in [0.2, 0.25) is 0 Å². The van der Waals surface area contributed by atoms with E-state index in [2.05, 4.69) is 45.3 Å². The minimum absolute atomic E-state index is 0.207. The summed E-state index contributed by atoms with van der Waals surface area (Å²) in [6.07, 6.45) is -2.84. The normalized spacial score (nSPS) is 22.3. The van der Waals surface area contributed by atoms with E-state index in [1.165, 1.54) is 0 Å². The van der Waals surface area contributed by atoms with Gasteiger partial charge in [-0.2, -0.15) is 5.26 Å². The molecule has 3 atom stereocenters. The summed E-state index contributed by atoms with van der Waals surface area (Å²) >= 11 is 0. The third-order valence-electron chi connectivity index (χ3n) is 8.21. The molecule has 11 nitrogen and oxygen atoms in total. The number of aliphatic hydroxyl groups excluding tert-OH is 2. The number of morpholine rings is 1. The number of rotatable bonds is 10. The Morgan fingerprint density at radius 3 is 2.58 bits per heavy atom. The van der Waals surface area contributed by atoms with Gasteiger partial charge in [0.1, 0.15) is 12.2 Å². The van der Waals surface area contributed by atoms with Gasteiger partial charge in [-0.25, -0.2) is 13.1 Å². The molecule has 2 saturated heterocycles. The molecule has 2 aliphatic heterocycles. The maximum absolute atomic E-state index is 13.1. The zero-order valence-electron chi connectivity index (χ0n) is 24.5. The van der Waals surface area contributed by atoms with Gasteiger partial charge in [0.15, 0.2) is 4.91 Å². The van der Waals surface area contributed by atoms with Crippen molar-refractivity contribution in [1.29, 1.82) is 5.26 Å². The molecule has 230 valence electrons. The van der Waals surface area contributed by atoms with Gasteiger partial charge in [0, 0.05) is 69.0 Å². The van der Waals surface area contributed by atoms with Gasteiger partial charge >= 0.3 is 0 Å². The minimum atomic E-state index is -4.21. The molecule has 0 radical (unpaired) electrons. The van der Waals surface area contributed by atoms with Gasteiger partial charge < -0.3 is 29.6 Å². The van der Waals surface area contributed by atoms with Crippen molar-refractivity contribution in [3.8, 4) is 17.3 Å². The second-order valence-electron chi connectivity index (χ2n) is 11.0. The van der Waals surface area contributed by atoms with Gasteiger partial charge in [0.05, 0.1) is 25.4 Å². The van der Waals surface area contributed by atoms with Crippen LogP contribution in [0.3, 0.4) is 0 Å². The number of hydrogen-bond acceptors (Lipinski definition) is 9. The molecule has 0 bridgehead atoms. The molecule has 2 aliphatic rings. The topological polar surface area (TPSA) is 149 Å². The predicted molar refractivity (Wildman–Crippen MR) is 166 cm³/mol. The lowest BCUT2D eigenvalue weighted by Gasteiger charge is -2.31. The lowest BCUT2D eigenvalue weighted by molar-refractivity contribution is -0.131. The van der Waals surface area contributed by atoms with E-state index in [0.29, 0.717) is 11.3 Å². The number of hydrogen-bond donors (Lipinski definition) is 4. The van der Waals surface area contributed by atoms with E-state index in [-0.39, 0.29) is 19.6 Å². The van der Waals surface area contributed by atoms with E-state index < -0.39 is 33.2 Å². The number of aliphatic hydroxyl groups is 2. The number of sulfonamides is 1. The number of nitrogens with one attached hydrogen (secondary N) is 2. The lowest BCUT2D eigenvalue weighted by Crippen LogP contribution is -2.50. The first-order valence-electron chi connectivity index (χ1n) is 14.5. The summed E-state index contributed by atoms with van der Waals surface area (Å²) in [5.41, 5.74) is 3.78. The van der Waals surface area contributed by atoms with Crippen LogP contribution in [-0.2, 0) is 26.5 Å². The van der Waals surface area contributed by atoms with Gasteiger partial charge in [0.25, 0.3) is 10.0 Å². The Bertz CT molecular complexity index is 1620. The first-order chi connectivity index (χ1) is 20.7. The number of anilines is 1. The molecule has 3 aromatic rings. The summed E-state index contributed by atoms with van der Waals surface area (Å²) in [4.78, 5) is 1.97. The van der Waals surface area contributed by atoms with Crippen LogP contribution in [0.1, 0.15) is 19.0 Å². The van der Waals surface area contributed by atoms with Crippen LogP contribution in [0.15, 0.2) is 53.4 Å². The zero-order valence-corrected chi connectivity index (χ0v) is 25.3. The SMILES string of the molecule is C/C(=C(/C#N)S(=O)(=O)NC[C@H]1OCC[C@@H](O)[C@@H]1O)c1ccc(-c2ccc3cc(NCCN4CCOCC4)ccc3c2)n1C. The number of ether oxygens (including phenoxy) is 2. The van der Waals surface area contributed by atoms with Crippen LogP contribution in [-0.4, -0.2) is 99.0 Å². The Morgan fingerprint density at radius 1 is 1.07 bits per heavy atom. The smallest absolute Gasteiger partial charge is 0.251 e. The third kappa shape index (κ3) is 7.11. The molecule has 1 aromatic heterocycles. The largest absolute Gasteiger partial charge is 0.390 e. The highest BCUT2D eigenvalue weighted by Gasteiger charge is 2.33. The summed E-state index contributed by atoms with van der Waals surface area (Å²) in [5.74, 6) is 0. The molecule has 0 aliphatic carbocycles. The Hall–Kier alpha value is -3.28. The van der Waals surface area contributed by atoms with E-state index in [9.17, 15) is 23.9 Å². The molecule has 0 spiro atoms. The van der Waals surface area contributed by atoms with Crippen LogP contribution in [0.4, 0.5) is 5.69 Å². The molecule has 2 aromatic carbocycles. The first kappa shape index (κ1) is 31.2. The molecular formula is C31H39N5O6S. The molecule has 0 unspecified atom stereocenters. The monoisotopic (exact) mass is 609 g/mol. The van der Waals surface area contributed by atoms with Gasteiger partial charge in [-0.05, 0) is 60.0 Å². The number of nitrogens with zero attached hydrogens (tertiary/aromatic N) is 3. The van der Waals surface area contributed by atoms with Crippen molar-refractivity contribution in [2.24, 2.45) is 7.05 Å². The first-order valence-corrected chi connectivity index (χ1v) is 16.0. The summed E-state index contributed by atoms with van der Waals surface area (Å²) in [6, 6.07) is 18.0. The number of nitriles is 1. The van der Waals surface area contributed by atoms with Crippen molar-refractivity contribution < 1.29 is 28.1 Å². The standard InChI is InChI=1S/C31H39N5O6S/c1-21(30(19-32)43(39,40)34-20-29-31(38)28(37)9-14-42-29)26-7-8-27(35(26)2)24-4-3-23-18-25(6-5-22(23)17-24)33-10-11-36-12-15-41-16-13-36/h3-8,17-18,28-29,31,33-34,37-38H,9-16,20H2,1-2H3/b30-21+/t28-,29-,31+/m1/s1. The average Bonchev–Trinajstić information content (AvgIpc) is 3.39. The molecule has 2 fully saturated rings. The van der Waals surface area contributed by atoms with Crippen molar-refractivity contribution >= 4 is 32.1 Å². The zero-order chi connectivity index (χ0) is 30.6. The Balaban J connectivity index is 1.30. The molecule has 3 heterocycles. The fraction of sp³-hybridized carbons (Fsp3) is 0.452. The second kappa shape index (κ2) is 13.6. The molecule has 4 N–H and O–H groups in total. The quantitative estimate of drug-likeness (QED) is 0.254. The third-order valence-corrected chi connectivity index (χ3v) is 9.69. The van der Waals surface area contributed by atoms with Crippen molar-refractivity contribution in [2.75, 3.05) is 57.9 Å². The number of benzene rings is 2. The predicted octanol–water partition coefficient (Wildman–Crippen LogP) is 2.27. The molecule has 0 amide bonds. The molecule has 43 heavy (non-hydrogen) atoms. The van der Waals surface area contributed by atoms with E-state index in [1.54, 1.807) is 13.0 Å². The molecule has 12 heteroatoms. The summed E-state index contributed by atoms with van der Waals surface area (Å²) < 4.78 is 41.3. The molecule has 0 saturated carbocycles. The lowest BCUT2D eigenvalue weighted by atomic mass is 10.0. The van der Waals surface area contributed by atoms with Crippen LogP contribution in [0.25, 0.3) is 27.6 Å². The maximum atomic E-state index is 13.1. The minimum Gasteiger partial charge on any atom is -0.390 e. The number of aromatic nitrogens is 1. The van der Waals surface area contributed by atoms with Crippen molar-refractivity contribution in [2.45, 2.75) is 31.7 Å². The van der Waals surface area contributed by atoms with Crippen LogP contribution in [0.5, 0.6) is 0 Å². The highest BCUT2D eigenvalue weighted by atomic mass is 32.2. The summed E-state index contributed by atoms with van der Waals surface area (Å²) in [6.45, 7) is 6.89. The van der Waals surface area contributed by atoms with Crippen molar-refractivity contribution in [3.05, 3.63) is 59.1 Å². The van der Waals surface area contributed by atoms with Gasteiger partial charge in [-0.3, -0.25) is 4.90 Å². The maximum Gasteiger partial charge on any atom is 0.251 e. The highest BCUT2D eigenvalue weighted by Crippen LogP contribution is 2.31. The van der Waals surface area contributed by atoms with E-state index in [1.807, 2.05) is 29.8 Å². The average molecular weight is 610 g/mol. The van der Waals surface area contributed by atoms with Gasteiger partial charge in [-0.1, -0.05) is 18.2 Å². The molecular weight excluding hydrogens is 570 g/mol. The fourth-order valence-corrected chi connectivity index (χ4v) is 6.79. The van der Waals surface area contributed by atoms with E-state index in [0.717, 1.165) is 67.1 Å².